The third kappa shape index (κ3) is 2.43. The van der Waals surface area contributed by atoms with Crippen molar-refractivity contribution in [3.05, 3.63) is 28.5 Å². The largest absolute Gasteiger partial charge is 0.322 e. The van der Waals surface area contributed by atoms with E-state index in [-0.39, 0.29) is 5.54 Å². The maximum absolute atomic E-state index is 5.90. The molecule has 98 valence electrons. The molecule has 1 heterocycles. The van der Waals surface area contributed by atoms with Crippen molar-refractivity contribution in [3.63, 3.8) is 0 Å². The van der Waals surface area contributed by atoms with Gasteiger partial charge in [0.15, 0.2) is 0 Å². The van der Waals surface area contributed by atoms with E-state index in [2.05, 4.69) is 59.5 Å². The highest BCUT2D eigenvalue weighted by Crippen LogP contribution is 2.29. The van der Waals surface area contributed by atoms with E-state index in [4.69, 9.17) is 16.6 Å². The number of alkyl halides is 1. The Morgan fingerprint density at radius 3 is 2.72 bits per heavy atom. The molecule has 0 bridgehead atoms. The molecule has 2 nitrogen and oxygen atoms in total. The summed E-state index contributed by atoms with van der Waals surface area (Å²) in [5.74, 6) is 1.68. The topological polar surface area (TPSA) is 17.8 Å². The van der Waals surface area contributed by atoms with E-state index < -0.39 is 0 Å². The van der Waals surface area contributed by atoms with Crippen molar-refractivity contribution in [2.24, 2.45) is 0 Å². The summed E-state index contributed by atoms with van der Waals surface area (Å²) in [7, 11) is 0. The van der Waals surface area contributed by atoms with Crippen LogP contribution in [0.2, 0.25) is 0 Å². The van der Waals surface area contributed by atoms with Gasteiger partial charge in [0, 0.05) is 22.3 Å². The number of aromatic nitrogens is 2. The second kappa shape index (κ2) is 5.22. The van der Waals surface area contributed by atoms with Crippen LogP contribution in [0.3, 0.4) is 0 Å². The number of halogens is 2. The zero-order valence-corrected chi connectivity index (χ0v) is 13.3. The summed E-state index contributed by atoms with van der Waals surface area (Å²) in [6.45, 7) is 6.69. The Bertz CT molecular complexity index is 560. The van der Waals surface area contributed by atoms with Crippen molar-refractivity contribution in [1.82, 2.24) is 9.55 Å². The Morgan fingerprint density at radius 2 is 2.11 bits per heavy atom. The molecule has 0 N–H and O–H groups in total. The van der Waals surface area contributed by atoms with E-state index in [0.29, 0.717) is 5.88 Å². The fraction of sp³-hybridized carbons (Fsp3) is 0.500. The monoisotopic (exact) mass is 328 g/mol. The average Bonchev–Trinajstić information content (AvgIpc) is 2.67. The highest BCUT2D eigenvalue weighted by molar-refractivity contribution is 9.10. The van der Waals surface area contributed by atoms with Gasteiger partial charge >= 0.3 is 0 Å². The Kier molecular flexibility index (Phi) is 4.02. The molecule has 0 aliphatic rings. The van der Waals surface area contributed by atoms with Crippen LogP contribution in [0.15, 0.2) is 22.7 Å². The number of aryl methyl sites for hydroxylation is 1. The van der Waals surface area contributed by atoms with Crippen LogP contribution < -0.4 is 0 Å². The van der Waals surface area contributed by atoms with Crippen LogP contribution in [0.4, 0.5) is 0 Å². The fourth-order valence-electron chi connectivity index (χ4n) is 2.19. The number of fused-ring (bicyclic) bond motifs is 1. The second-order valence-electron chi connectivity index (χ2n) is 5.10. The lowest BCUT2D eigenvalue weighted by Crippen LogP contribution is -2.27. The second-order valence-corrected chi connectivity index (χ2v) is 6.40. The van der Waals surface area contributed by atoms with E-state index in [1.165, 1.54) is 5.52 Å². The molecule has 1 aromatic carbocycles. The Balaban J connectivity index is 2.70. The van der Waals surface area contributed by atoms with E-state index in [1.807, 2.05) is 0 Å². The number of benzene rings is 1. The van der Waals surface area contributed by atoms with Crippen LogP contribution in [0.25, 0.3) is 11.0 Å². The van der Waals surface area contributed by atoms with Crippen molar-refractivity contribution in [3.8, 4) is 0 Å². The van der Waals surface area contributed by atoms with Crippen molar-refractivity contribution in [2.45, 2.75) is 39.2 Å². The van der Waals surface area contributed by atoms with Gasteiger partial charge in [0.05, 0.1) is 11.0 Å². The van der Waals surface area contributed by atoms with Crippen molar-refractivity contribution in [2.75, 3.05) is 5.88 Å². The molecule has 0 aliphatic carbocycles. The quantitative estimate of drug-likeness (QED) is 0.742. The lowest BCUT2D eigenvalue weighted by molar-refractivity contribution is 0.342. The minimum Gasteiger partial charge on any atom is -0.322 e. The molecule has 0 fully saturated rings. The van der Waals surface area contributed by atoms with Crippen LogP contribution in [-0.4, -0.2) is 15.4 Å². The lowest BCUT2D eigenvalue weighted by atomic mass is 10.0. The zero-order valence-electron chi connectivity index (χ0n) is 11.0. The first kappa shape index (κ1) is 13.9. The lowest BCUT2D eigenvalue weighted by Gasteiger charge is -2.28. The molecule has 0 unspecified atom stereocenters. The molecule has 0 aliphatic heterocycles. The molecule has 0 amide bonds. The van der Waals surface area contributed by atoms with Crippen LogP contribution in [0, 0.1) is 0 Å². The van der Waals surface area contributed by atoms with Gasteiger partial charge in [-0.25, -0.2) is 4.98 Å². The first-order chi connectivity index (χ1) is 8.49. The number of hydrogen-bond acceptors (Lipinski definition) is 1. The minimum atomic E-state index is 0.0595. The summed E-state index contributed by atoms with van der Waals surface area (Å²) >= 11 is 9.39. The smallest absolute Gasteiger partial charge is 0.111 e. The summed E-state index contributed by atoms with van der Waals surface area (Å²) in [5, 5.41) is 0. The summed E-state index contributed by atoms with van der Waals surface area (Å²) in [6.07, 6.45) is 1.86. The average molecular weight is 330 g/mol. The predicted octanol–water partition coefficient (Wildman–Crippen LogP) is 4.73. The minimum absolute atomic E-state index is 0.0595. The van der Waals surface area contributed by atoms with Gasteiger partial charge < -0.3 is 4.57 Å². The SMILES string of the molecule is CCC(C)(C)n1c(CCCl)nc2cc(Br)ccc21. The van der Waals surface area contributed by atoms with E-state index in [1.54, 1.807) is 0 Å². The molecular weight excluding hydrogens is 312 g/mol. The van der Waals surface area contributed by atoms with Gasteiger partial charge in [-0.2, -0.15) is 0 Å². The predicted molar refractivity (Wildman–Crippen MR) is 81.5 cm³/mol. The van der Waals surface area contributed by atoms with Crippen LogP contribution in [-0.2, 0) is 12.0 Å². The molecule has 1 aromatic heterocycles. The van der Waals surface area contributed by atoms with Crippen molar-refractivity contribution < 1.29 is 0 Å². The van der Waals surface area contributed by atoms with Gasteiger partial charge in [-0.05, 0) is 38.5 Å². The number of nitrogens with zero attached hydrogens (tertiary/aromatic N) is 2. The zero-order chi connectivity index (χ0) is 13.3. The molecule has 0 spiro atoms. The maximum Gasteiger partial charge on any atom is 0.111 e. The molecule has 0 saturated carbocycles. The Hall–Kier alpha value is -0.540. The van der Waals surface area contributed by atoms with Crippen LogP contribution >= 0.6 is 27.5 Å². The molecule has 18 heavy (non-hydrogen) atoms. The highest BCUT2D eigenvalue weighted by Gasteiger charge is 2.23. The normalized spacial score (nSPS) is 12.3. The van der Waals surface area contributed by atoms with Gasteiger partial charge in [-0.3, -0.25) is 0 Å². The molecule has 4 heteroatoms. The summed E-state index contributed by atoms with van der Waals surface area (Å²) in [4.78, 5) is 4.73. The molecule has 0 atom stereocenters. The first-order valence-corrected chi connectivity index (χ1v) is 7.55. The summed E-state index contributed by atoms with van der Waals surface area (Å²) in [6, 6.07) is 6.26. The standard InChI is InChI=1S/C14H18BrClN2/c1-4-14(2,3)18-12-6-5-10(15)9-11(12)17-13(18)7-8-16/h5-6,9H,4,7-8H2,1-3H3. The highest BCUT2D eigenvalue weighted by atomic mass is 79.9. The van der Waals surface area contributed by atoms with E-state index >= 15 is 0 Å². The van der Waals surface area contributed by atoms with Crippen molar-refractivity contribution >= 4 is 38.6 Å². The Labute approximate surface area is 121 Å². The third-order valence-electron chi connectivity index (χ3n) is 3.47. The van der Waals surface area contributed by atoms with E-state index in [0.717, 1.165) is 28.7 Å². The van der Waals surface area contributed by atoms with Gasteiger partial charge in [-0.1, -0.05) is 22.9 Å². The molecule has 0 radical (unpaired) electrons. The first-order valence-electron chi connectivity index (χ1n) is 6.23. The third-order valence-corrected chi connectivity index (χ3v) is 4.16. The molecule has 0 saturated heterocycles. The summed E-state index contributed by atoms with van der Waals surface area (Å²) < 4.78 is 3.39. The number of imidazole rings is 1. The van der Waals surface area contributed by atoms with E-state index in [9.17, 15) is 0 Å². The summed E-state index contributed by atoms with van der Waals surface area (Å²) in [5.41, 5.74) is 2.28. The van der Waals surface area contributed by atoms with Crippen molar-refractivity contribution in [1.29, 1.82) is 0 Å². The molecular formula is C14H18BrClN2. The maximum atomic E-state index is 5.90. The fourth-order valence-corrected chi connectivity index (χ4v) is 2.71. The van der Waals surface area contributed by atoms with Gasteiger partial charge in [0.2, 0.25) is 0 Å². The van der Waals surface area contributed by atoms with Gasteiger partial charge in [-0.15, -0.1) is 11.6 Å². The number of rotatable bonds is 4. The Morgan fingerprint density at radius 1 is 1.39 bits per heavy atom. The van der Waals surface area contributed by atoms with Crippen LogP contribution in [0.5, 0.6) is 0 Å². The van der Waals surface area contributed by atoms with Crippen LogP contribution in [0.1, 0.15) is 33.0 Å². The number of hydrogen-bond donors (Lipinski definition) is 0. The molecule has 2 aromatic rings. The van der Waals surface area contributed by atoms with Gasteiger partial charge in [0.1, 0.15) is 5.82 Å². The molecule has 2 rings (SSSR count). The van der Waals surface area contributed by atoms with Gasteiger partial charge in [0.25, 0.3) is 0 Å².